The molecular formula is C21H24N2O5. The molecule has 3 rings (SSSR count). The Kier molecular flexibility index (Phi) is 5.73. The standard InChI is InChI=1S/C21H24N2O5/c1-12-5-8-15(11-16(12)23-20(24)13-6-7-13)22-21(25)14-9-17(26-2)19(28-4)18(10-14)27-3/h5,8-11,13H,6-7H2,1-4H3,(H,22,25)(H,23,24). The number of anilines is 2. The Labute approximate surface area is 164 Å². The fraction of sp³-hybridized carbons (Fsp3) is 0.333. The van der Waals surface area contributed by atoms with Gasteiger partial charge in [-0.05, 0) is 49.6 Å². The second-order valence-electron chi connectivity index (χ2n) is 6.66. The van der Waals surface area contributed by atoms with E-state index in [1.165, 1.54) is 21.3 Å². The fourth-order valence-corrected chi connectivity index (χ4v) is 2.83. The van der Waals surface area contributed by atoms with E-state index in [-0.39, 0.29) is 17.7 Å². The highest BCUT2D eigenvalue weighted by atomic mass is 16.5. The zero-order valence-electron chi connectivity index (χ0n) is 16.4. The van der Waals surface area contributed by atoms with E-state index in [4.69, 9.17) is 14.2 Å². The summed E-state index contributed by atoms with van der Waals surface area (Å²) < 4.78 is 15.9. The number of carbonyl (C=O) groups excluding carboxylic acids is 2. The van der Waals surface area contributed by atoms with Crippen LogP contribution in [0.4, 0.5) is 11.4 Å². The second kappa shape index (κ2) is 8.21. The number of ether oxygens (including phenoxy) is 3. The minimum absolute atomic E-state index is 0.0243. The molecule has 0 heterocycles. The van der Waals surface area contributed by atoms with Gasteiger partial charge in [0.25, 0.3) is 5.91 Å². The van der Waals surface area contributed by atoms with Crippen LogP contribution in [0.2, 0.25) is 0 Å². The van der Waals surface area contributed by atoms with Crippen molar-refractivity contribution in [3.63, 3.8) is 0 Å². The first kappa shape index (κ1) is 19.5. The number of nitrogens with one attached hydrogen (secondary N) is 2. The molecule has 28 heavy (non-hydrogen) atoms. The monoisotopic (exact) mass is 384 g/mol. The van der Waals surface area contributed by atoms with Crippen LogP contribution in [0.25, 0.3) is 0 Å². The molecule has 0 bridgehead atoms. The van der Waals surface area contributed by atoms with E-state index in [0.717, 1.165) is 18.4 Å². The summed E-state index contributed by atoms with van der Waals surface area (Å²) in [4.78, 5) is 24.8. The van der Waals surface area contributed by atoms with Gasteiger partial charge in [0.1, 0.15) is 0 Å². The first-order valence-corrected chi connectivity index (χ1v) is 8.99. The highest BCUT2D eigenvalue weighted by molar-refractivity contribution is 6.05. The van der Waals surface area contributed by atoms with Gasteiger partial charge in [-0.15, -0.1) is 0 Å². The zero-order valence-corrected chi connectivity index (χ0v) is 16.4. The molecular weight excluding hydrogens is 360 g/mol. The molecule has 0 radical (unpaired) electrons. The van der Waals surface area contributed by atoms with Crippen molar-refractivity contribution in [2.24, 2.45) is 5.92 Å². The van der Waals surface area contributed by atoms with Crippen molar-refractivity contribution in [3.05, 3.63) is 41.5 Å². The topological polar surface area (TPSA) is 85.9 Å². The first-order chi connectivity index (χ1) is 13.5. The van der Waals surface area contributed by atoms with E-state index >= 15 is 0 Å². The molecule has 0 saturated heterocycles. The molecule has 0 spiro atoms. The SMILES string of the molecule is COc1cc(C(=O)Nc2ccc(C)c(NC(=O)C3CC3)c2)cc(OC)c1OC. The van der Waals surface area contributed by atoms with E-state index in [1.807, 2.05) is 13.0 Å². The number of carbonyl (C=O) groups is 2. The third-order valence-electron chi connectivity index (χ3n) is 4.63. The van der Waals surface area contributed by atoms with Gasteiger partial charge in [0.2, 0.25) is 11.7 Å². The van der Waals surface area contributed by atoms with E-state index in [9.17, 15) is 9.59 Å². The average Bonchev–Trinajstić information content (AvgIpc) is 3.54. The Morgan fingerprint density at radius 3 is 2.11 bits per heavy atom. The molecule has 1 fully saturated rings. The molecule has 1 saturated carbocycles. The lowest BCUT2D eigenvalue weighted by Crippen LogP contribution is -2.16. The Balaban J connectivity index is 1.81. The molecule has 0 aromatic heterocycles. The van der Waals surface area contributed by atoms with Crippen molar-refractivity contribution in [1.29, 1.82) is 0 Å². The number of methoxy groups -OCH3 is 3. The highest BCUT2D eigenvalue weighted by Crippen LogP contribution is 2.38. The van der Waals surface area contributed by atoms with Crippen molar-refractivity contribution in [3.8, 4) is 17.2 Å². The van der Waals surface area contributed by atoms with Crippen LogP contribution in [-0.4, -0.2) is 33.1 Å². The average molecular weight is 384 g/mol. The molecule has 0 atom stereocenters. The Morgan fingerprint density at radius 1 is 0.929 bits per heavy atom. The van der Waals surface area contributed by atoms with Crippen molar-refractivity contribution in [2.75, 3.05) is 32.0 Å². The smallest absolute Gasteiger partial charge is 0.255 e. The number of aryl methyl sites for hydroxylation is 1. The normalized spacial score (nSPS) is 12.9. The van der Waals surface area contributed by atoms with E-state index in [0.29, 0.717) is 34.2 Å². The maximum Gasteiger partial charge on any atom is 0.255 e. The minimum atomic E-state index is -0.331. The summed E-state index contributed by atoms with van der Waals surface area (Å²) in [7, 11) is 4.49. The van der Waals surface area contributed by atoms with Gasteiger partial charge in [0.15, 0.2) is 11.5 Å². The molecule has 2 N–H and O–H groups in total. The number of rotatable bonds is 7. The van der Waals surface area contributed by atoms with Gasteiger partial charge in [0.05, 0.1) is 21.3 Å². The van der Waals surface area contributed by atoms with E-state index < -0.39 is 0 Å². The largest absolute Gasteiger partial charge is 0.493 e. The molecule has 2 aromatic rings. The maximum atomic E-state index is 12.7. The van der Waals surface area contributed by atoms with E-state index in [1.54, 1.807) is 24.3 Å². The van der Waals surface area contributed by atoms with Crippen LogP contribution in [0.1, 0.15) is 28.8 Å². The first-order valence-electron chi connectivity index (χ1n) is 8.99. The van der Waals surface area contributed by atoms with Gasteiger partial charge in [-0.25, -0.2) is 0 Å². The van der Waals surface area contributed by atoms with Crippen molar-refractivity contribution >= 4 is 23.2 Å². The quantitative estimate of drug-likeness (QED) is 0.761. The molecule has 148 valence electrons. The summed E-state index contributed by atoms with van der Waals surface area (Å²) in [6.07, 6.45) is 1.87. The van der Waals surface area contributed by atoms with E-state index in [2.05, 4.69) is 10.6 Å². The third-order valence-corrected chi connectivity index (χ3v) is 4.63. The van der Waals surface area contributed by atoms with Gasteiger partial charge in [-0.2, -0.15) is 0 Å². The van der Waals surface area contributed by atoms with Crippen LogP contribution in [0.15, 0.2) is 30.3 Å². The summed E-state index contributed by atoms with van der Waals surface area (Å²) in [5.74, 6) is 1.01. The third kappa shape index (κ3) is 4.19. The van der Waals surface area contributed by atoms with Gasteiger partial charge >= 0.3 is 0 Å². The lowest BCUT2D eigenvalue weighted by Gasteiger charge is -2.15. The number of hydrogen-bond acceptors (Lipinski definition) is 5. The van der Waals surface area contributed by atoms with Gasteiger partial charge < -0.3 is 24.8 Å². The number of hydrogen-bond donors (Lipinski definition) is 2. The molecule has 7 heteroatoms. The second-order valence-corrected chi connectivity index (χ2v) is 6.66. The summed E-state index contributed by atoms with van der Waals surface area (Å²) >= 11 is 0. The van der Waals surface area contributed by atoms with Crippen LogP contribution in [0.5, 0.6) is 17.2 Å². The van der Waals surface area contributed by atoms with Crippen LogP contribution >= 0.6 is 0 Å². The summed E-state index contributed by atoms with van der Waals surface area (Å²) in [5.41, 5.74) is 2.56. The van der Waals surface area contributed by atoms with Crippen LogP contribution in [0, 0.1) is 12.8 Å². The number of amides is 2. The summed E-state index contributed by atoms with van der Waals surface area (Å²) in [6, 6.07) is 8.57. The maximum absolute atomic E-state index is 12.7. The molecule has 0 aliphatic heterocycles. The Morgan fingerprint density at radius 2 is 1.57 bits per heavy atom. The minimum Gasteiger partial charge on any atom is -0.493 e. The lowest BCUT2D eigenvalue weighted by atomic mass is 10.1. The van der Waals surface area contributed by atoms with Crippen LogP contribution in [-0.2, 0) is 4.79 Å². The Hall–Kier alpha value is -3.22. The predicted octanol–water partition coefficient (Wildman–Crippen LogP) is 3.62. The molecule has 0 unspecified atom stereocenters. The lowest BCUT2D eigenvalue weighted by molar-refractivity contribution is -0.117. The highest BCUT2D eigenvalue weighted by Gasteiger charge is 2.29. The van der Waals surface area contributed by atoms with Crippen LogP contribution in [0.3, 0.4) is 0 Å². The summed E-state index contributed by atoms with van der Waals surface area (Å²) in [6.45, 7) is 1.91. The molecule has 2 amide bonds. The molecule has 7 nitrogen and oxygen atoms in total. The predicted molar refractivity (Wildman–Crippen MR) is 107 cm³/mol. The van der Waals surface area contributed by atoms with Crippen LogP contribution < -0.4 is 24.8 Å². The van der Waals surface area contributed by atoms with Gasteiger partial charge in [-0.3, -0.25) is 9.59 Å². The molecule has 1 aliphatic carbocycles. The summed E-state index contributed by atoms with van der Waals surface area (Å²) in [5, 5.41) is 5.77. The van der Waals surface area contributed by atoms with Gasteiger partial charge in [0, 0.05) is 22.9 Å². The fourth-order valence-electron chi connectivity index (χ4n) is 2.83. The van der Waals surface area contributed by atoms with Crippen molar-refractivity contribution in [2.45, 2.75) is 19.8 Å². The molecule has 1 aliphatic rings. The van der Waals surface area contributed by atoms with Gasteiger partial charge in [-0.1, -0.05) is 6.07 Å². The van der Waals surface area contributed by atoms with Crippen molar-refractivity contribution < 1.29 is 23.8 Å². The van der Waals surface area contributed by atoms with Crippen molar-refractivity contribution in [1.82, 2.24) is 0 Å². The molecule has 2 aromatic carbocycles. The Bertz CT molecular complexity index is 881. The zero-order chi connectivity index (χ0) is 20.3. The number of benzene rings is 2.